The molecule has 2 aromatic rings. The van der Waals surface area contributed by atoms with Crippen molar-refractivity contribution in [3.63, 3.8) is 0 Å². The maximum absolute atomic E-state index is 14.6. The molecule has 0 saturated carbocycles. The number of carbonyl (C=O) groups excluding carboxylic acids is 1. The van der Waals surface area contributed by atoms with Gasteiger partial charge < -0.3 is 45.5 Å². The standard InChI is InChI=1S/C25H35Cl2N9O5/c1-24(20(28)29,33-23(40)41)25(14-36(3,4)13-17(25)16-5-8-30-19(16)32-22(38)39)21(37)31-18-11-15(12-34(18)2)35(9-6-26)10-7-27/h5,8,11-13,30,32-33H,6-7,9-10,14H2,1-4H3,(H5-,28,29,31,37,38,39,40,41)/p+1. The Kier molecular flexibility index (Phi) is 9.20. The number of alkyl halides is 2. The second kappa shape index (κ2) is 11.9. The fraction of sp³-hybridized carbons (Fsp3) is 0.440. The summed E-state index contributed by atoms with van der Waals surface area (Å²) >= 11 is 11.9. The van der Waals surface area contributed by atoms with Gasteiger partial charge >= 0.3 is 12.2 Å². The van der Waals surface area contributed by atoms with Crippen LogP contribution >= 0.6 is 23.2 Å². The summed E-state index contributed by atoms with van der Waals surface area (Å²) in [6.45, 7) is 2.39. The number of nitrogens with one attached hydrogen (secondary N) is 5. The van der Waals surface area contributed by atoms with Crippen molar-refractivity contribution < 1.29 is 29.1 Å². The predicted octanol–water partition coefficient (Wildman–Crippen LogP) is 2.75. The maximum Gasteiger partial charge on any atom is 0.410 e. The van der Waals surface area contributed by atoms with Crippen LogP contribution in [0, 0.1) is 10.8 Å². The Morgan fingerprint density at radius 1 is 1.22 bits per heavy atom. The van der Waals surface area contributed by atoms with Gasteiger partial charge in [-0.2, -0.15) is 0 Å². The van der Waals surface area contributed by atoms with E-state index in [2.05, 4.69) is 20.9 Å². The predicted molar refractivity (Wildman–Crippen MR) is 159 cm³/mol. The molecule has 3 amide bonds. The van der Waals surface area contributed by atoms with E-state index in [9.17, 15) is 24.6 Å². The van der Waals surface area contributed by atoms with Gasteiger partial charge in [0.15, 0.2) is 5.41 Å². The van der Waals surface area contributed by atoms with Gasteiger partial charge in [-0.3, -0.25) is 15.5 Å². The lowest BCUT2D eigenvalue weighted by atomic mass is 9.63. The molecule has 3 rings (SSSR count). The molecule has 0 radical (unpaired) electrons. The van der Waals surface area contributed by atoms with Crippen LogP contribution < -0.4 is 26.6 Å². The first-order valence-corrected chi connectivity index (χ1v) is 13.6. The number of amides is 3. The average Bonchev–Trinajstić information content (AvgIpc) is 3.53. The first-order valence-electron chi connectivity index (χ1n) is 12.6. The highest BCUT2D eigenvalue weighted by atomic mass is 35.5. The van der Waals surface area contributed by atoms with Gasteiger partial charge in [0.1, 0.15) is 35.8 Å². The SMILES string of the molecule is Cn1cc(N(CCCl)CCCl)cc1NC(=O)C1(C(C)(NC(=O)O)C(=N)N)C[N+](C)(C)C=C1c1cc[nH]c1NC(=O)O. The van der Waals surface area contributed by atoms with Crippen molar-refractivity contribution >= 4 is 70.0 Å². The van der Waals surface area contributed by atoms with Crippen LogP contribution in [0.2, 0.25) is 0 Å². The minimum atomic E-state index is -1.96. The van der Waals surface area contributed by atoms with E-state index in [1.54, 1.807) is 50.2 Å². The van der Waals surface area contributed by atoms with Crippen molar-refractivity contribution in [1.29, 1.82) is 5.41 Å². The average molecular weight is 614 g/mol. The highest BCUT2D eigenvalue weighted by molar-refractivity contribution is 6.18. The molecule has 0 aliphatic carbocycles. The lowest BCUT2D eigenvalue weighted by Crippen LogP contribution is -2.70. The first kappa shape index (κ1) is 31.6. The molecule has 14 nitrogen and oxygen atoms in total. The number of hydrogen-bond acceptors (Lipinski definition) is 5. The zero-order valence-electron chi connectivity index (χ0n) is 23.2. The Labute approximate surface area is 247 Å². The third-order valence-corrected chi connectivity index (χ3v) is 7.63. The van der Waals surface area contributed by atoms with Crippen LogP contribution in [0.25, 0.3) is 5.57 Å². The molecule has 16 heteroatoms. The number of hydrogen-bond donors (Lipinski definition) is 8. The van der Waals surface area contributed by atoms with Crippen molar-refractivity contribution in [2.45, 2.75) is 12.5 Å². The Bertz CT molecular complexity index is 1360. The third-order valence-electron chi connectivity index (χ3n) is 7.30. The molecule has 0 saturated heterocycles. The Morgan fingerprint density at radius 2 is 1.85 bits per heavy atom. The summed E-state index contributed by atoms with van der Waals surface area (Å²) < 4.78 is 1.78. The Hall–Kier alpha value is -3.88. The number of nitrogens with two attached hydrogens (primary N) is 1. The van der Waals surface area contributed by atoms with Crippen molar-refractivity contribution in [3.05, 3.63) is 36.3 Å². The lowest BCUT2D eigenvalue weighted by molar-refractivity contribution is -0.837. The van der Waals surface area contributed by atoms with E-state index in [0.29, 0.717) is 36.2 Å². The van der Waals surface area contributed by atoms with E-state index in [4.69, 9.17) is 34.3 Å². The number of carboxylic acid groups (broad SMARTS) is 2. The number of halogens is 2. The van der Waals surface area contributed by atoms with Gasteiger partial charge in [-0.25, -0.2) is 9.59 Å². The van der Waals surface area contributed by atoms with Crippen LogP contribution in [0.15, 0.2) is 30.7 Å². The molecule has 0 bridgehead atoms. The lowest BCUT2D eigenvalue weighted by Gasteiger charge is -2.45. The summed E-state index contributed by atoms with van der Waals surface area (Å²) in [6, 6.07) is 3.31. The molecule has 2 aromatic heterocycles. The molecule has 1 aliphatic heterocycles. The highest BCUT2D eigenvalue weighted by Gasteiger charge is 2.66. The summed E-state index contributed by atoms with van der Waals surface area (Å²) in [5.41, 5.74) is 3.61. The molecule has 2 unspecified atom stereocenters. The van der Waals surface area contributed by atoms with Crippen LogP contribution in [0.5, 0.6) is 0 Å². The number of aromatic nitrogens is 2. The fourth-order valence-corrected chi connectivity index (χ4v) is 5.82. The zero-order valence-corrected chi connectivity index (χ0v) is 24.7. The maximum atomic E-state index is 14.6. The van der Waals surface area contributed by atoms with Gasteiger partial charge in [-0.05, 0) is 13.0 Å². The second-order valence-corrected chi connectivity index (χ2v) is 11.3. The van der Waals surface area contributed by atoms with E-state index in [-0.39, 0.29) is 22.4 Å². The van der Waals surface area contributed by atoms with Crippen LogP contribution in [0.3, 0.4) is 0 Å². The molecule has 0 aromatic carbocycles. The number of quaternary nitrogens is 1. The van der Waals surface area contributed by atoms with Gasteiger partial charge in [-0.15, -0.1) is 23.2 Å². The van der Waals surface area contributed by atoms with E-state index in [0.717, 1.165) is 5.69 Å². The number of aromatic amines is 1. The van der Waals surface area contributed by atoms with Gasteiger partial charge in [0.05, 0.1) is 19.8 Å². The Balaban J connectivity index is 2.24. The smallest absolute Gasteiger partial charge is 0.410 e. The largest absolute Gasteiger partial charge is 0.465 e. The zero-order chi connectivity index (χ0) is 30.8. The van der Waals surface area contributed by atoms with Crippen LogP contribution in [-0.4, -0.2) is 99.2 Å². The summed E-state index contributed by atoms with van der Waals surface area (Å²) in [5.74, 6) is -0.0838. The van der Waals surface area contributed by atoms with Crippen LogP contribution in [-0.2, 0) is 11.8 Å². The minimum Gasteiger partial charge on any atom is -0.465 e. The summed E-state index contributed by atoms with van der Waals surface area (Å²) in [4.78, 5) is 43.0. The van der Waals surface area contributed by atoms with E-state index in [1.807, 2.05) is 4.90 Å². The molecule has 9 N–H and O–H groups in total. The quantitative estimate of drug-likeness (QED) is 0.0778. The summed E-state index contributed by atoms with van der Waals surface area (Å²) in [6.07, 6.45) is 2.17. The number of H-pyrrole nitrogens is 1. The summed E-state index contributed by atoms with van der Waals surface area (Å²) in [5, 5.41) is 35.3. The molecule has 224 valence electrons. The highest BCUT2D eigenvalue weighted by Crippen LogP contribution is 2.52. The van der Waals surface area contributed by atoms with Crippen molar-refractivity contribution in [2.75, 3.05) is 61.0 Å². The fourth-order valence-electron chi connectivity index (χ4n) is 5.41. The molecule has 0 fully saturated rings. The molecule has 41 heavy (non-hydrogen) atoms. The normalized spacial score (nSPS) is 19.1. The number of aryl methyl sites for hydroxylation is 1. The van der Waals surface area contributed by atoms with Gasteiger partial charge in [0.2, 0.25) is 5.91 Å². The molecular formula is C25H36Cl2N9O5+. The first-order chi connectivity index (χ1) is 19.1. The number of nitrogens with zero attached hydrogens (tertiary/aromatic N) is 3. The van der Waals surface area contributed by atoms with E-state index >= 15 is 0 Å². The number of rotatable bonds is 12. The number of amidine groups is 1. The third kappa shape index (κ3) is 6.09. The molecule has 0 spiro atoms. The van der Waals surface area contributed by atoms with Crippen molar-refractivity contribution in [1.82, 2.24) is 14.9 Å². The second-order valence-electron chi connectivity index (χ2n) is 10.6. The van der Waals surface area contributed by atoms with Crippen molar-refractivity contribution in [3.8, 4) is 0 Å². The molecule has 1 aliphatic rings. The topological polar surface area (TPSA) is 202 Å². The Morgan fingerprint density at radius 3 is 2.39 bits per heavy atom. The van der Waals surface area contributed by atoms with Gasteiger partial charge in [-0.1, -0.05) is 0 Å². The number of anilines is 3. The van der Waals surface area contributed by atoms with Gasteiger partial charge in [0.25, 0.3) is 0 Å². The van der Waals surface area contributed by atoms with Crippen molar-refractivity contribution in [2.24, 2.45) is 18.2 Å². The van der Waals surface area contributed by atoms with Crippen LogP contribution in [0.1, 0.15) is 12.5 Å². The van der Waals surface area contributed by atoms with E-state index < -0.39 is 34.9 Å². The minimum absolute atomic E-state index is 0.0237. The van der Waals surface area contributed by atoms with E-state index in [1.165, 1.54) is 13.1 Å². The van der Waals surface area contributed by atoms with Crippen LogP contribution in [0.4, 0.5) is 26.9 Å². The number of carbonyl (C=O) groups is 3. The molecule has 3 heterocycles. The molecule has 2 atom stereocenters. The van der Waals surface area contributed by atoms with Gasteiger partial charge in [0, 0.05) is 61.5 Å². The molecular weight excluding hydrogens is 577 g/mol. The summed E-state index contributed by atoms with van der Waals surface area (Å²) in [7, 11) is 5.33. The monoisotopic (exact) mass is 612 g/mol.